The van der Waals surface area contributed by atoms with Gasteiger partial charge in [-0.3, -0.25) is 0 Å². The number of rotatable bonds is 2. The number of aryl methyl sites for hydroxylation is 6. The second kappa shape index (κ2) is 6.34. The molecule has 0 aliphatic carbocycles. The van der Waals surface area contributed by atoms with Crippen LogP contribution in [0.15, 0.2) is 29.3 Å². The molecule has 4 heteroatoms. The van der Waals surface area contributed by atoms with Crippen LogP contribution in [0.3, 0.4) is 0 Å². The molecule has 0 amide bonds. The van der Waals surface area contributed by atoms with Crippen LogP contribution in [0, 0.1) is 41.5 Å². The van der Waals surface area contributed by atoms with Crippen molar-refractivity contribution in [2.75, 3.05) is 4.90 Å². The lowest BCUT2D eigenvalue weighted by Gasteiger charge is -2.32. The van der Waals surface area contributed by atoms with Crippen molar-refractivity contribution in [2.45, 2.75) is 52.0 Å². The molecular weight excluding hydrogens is 351 g/mol. The monoisotopic (exact) mass is 374 g/mol. The van der Waals surface area contributed by atoms with Gasteiger partial charge in [-0.05, 0) is 63.8 Å². The largest absolute Gasteiger partial charge is 0.311 e. The van der Waals surface area contributed by atoms with Crippen LogP contribution in [0.25, 0.3) is 0 Å². The predicted molar refractivity (Wildman–Crippen MR) is 109 cm³/mol. The van der Waals surface area contributed by atoms with E-state index in [0.717, 1.165) is 22.4 Å². The van der Waals surface area contributed by atoms with Gasteiger partial charge in [-0.15, -0.1) is 0 Å². The van der Waals surface area contributed by atoms with Crippen molar-refractivity contribution in [3.8, 4) is 0 Å². The van der Waals surface area contributed by atoms with Gasteiger partial charge in [0.25, 0.3) is 0 Å². The molecule has 0 radical (unpaired) electrons. The first-order valence-electron chi connectivity index (χ1n) is 8.48. The minimum atomic E-state index is -0.993. The molecule has 3 rings (SSSR count). The zero-order valence-electron chi connectivity index (χ0n) is 15.6. The summed E-state index contributed by atoms with van der Waals surface area (Å²) in [6.45, 7) is 12.5. The molecule has 0 fully saturated rings. The average Bonchev–Trinajstić information content (AvgIpc) is 2.74. The van der Waals surface area contributed by atoms with Gasteiger partial charge in [0.1, 0.15) is 0 Å². The van der Waals surface area contributed by atoms with E-state index in [0.29, 0.717) is 0 Å². The number of benzene rings is 2. The van der Waals surface area contributed by atoms with Gasteiger partial charge in [-0.25, -0.2) is 4.99 Å². The normalized spacial score (nSPS) is 22.7. The topological polar surface area (TPSA) is 15.6 Å². The highest BCUT2D eigenvalue weighted by atomic mass is 35.5. The molecule has 0 aromatic heterocycles. The highest BCUT2D eigenvalue weighted by molar-refractivity contribution is 6.35. The van der Waals surface area contributed by atoms with Crippen molar-refractivity contribution >= 4 is 35.2 Å². The first-order valence-corrected chi connectivity index (χ1v) is 9.29. The Morgan fingerprint density at radius 3 is 1.76 bits per heavy atom. The molecule has 0 N–H and O–H groups in total. The molecule has 1 aliphatic rings. The fourth-order valence-electron chi connectivity index (χ4n) is 4.12. The third-order valence-corrected chi connectivity index (χ3v) is 5.98. The van der Waals surface area contributed by atoms with Crippen LogP contribution >= 0.6 is 23.2 Å². The van der Waals surface area contributed by atoms with Crippen molar-refractivity contribution in [2.24, 2.45) is 4.99 Å². The molecule has 0 saturated heterocycles. The molecule has 0 saturated carbocycles. The molecule has 2 nitrogen and oxygen atoms in total. The zero-order valence-corrected chi connectivity index (χ0v) is 17.1. The number of hydrogen-bond acceptors (Lipinski definition) is 2. The van der Waals surface area contributed by atoms with E-state index in [1.807, 2.05) is 4.90 Å². The van der Waals surface area contributed by atoms with Crippen molar-refractivity contribution in [1.29, 1.82) is 0 Å². The number of alkyl halides is 2. The Hall–Kier alpha value is -1.51. The predicted octanol–water partition coefficient (Wildman–Crippen LogP) is 6.04. The number of halogens is 2. The van der Waals surface area contributed by atoms with E-state index >= 15 is 0 Å². The standard InChI is InChI=1S/C21H24Cl2N2/c1-12-7-14(3)18(15(4)8-12)21(23)20(22)25(11-24-21)19-16(5)9-13(2)10-17(19)6/h7-11,20H,1-6H3. The minimum Gasteiger partial charge on any atom is -0.311 e. The van der Waals surface area contributed by atoms with Crippen molar-refractivity contribution in [1.82, 2.24) is 0 Å². The van der Waals surface area contributed by atoms with Crippen LogP contribution < -0.4 is 4.90 Å². The van der Waals surface area contributed by atoms with E-state index in [1.54, 1.807) is 6.34 Å². The Morgan fingerprint density at radius 1 is 0.840 bits per heavy atom. The molecule has 2 aromatic carbocycles. The van der Waals surface area contributed by atoms with Crippen LogP contribution in [-0.4, -0.2) is 11.8 Å². The number of hydrogen-bond donors (Lipinski definition) is 0. The molecule has 0 bridgehead atoms. The zero-order chi connectivity index (χ0) is 18.5. The quantitative estimate of drug-likeness (QED) is 0.461. The summed E-state index contributed by atoms with van der Waals surface area (Å²) in [6, 6.07) is 8.60. The maximum absolute atomic E-state index is 7.02. The first kappa shape index (κ1) is 18.3. The third-order valence-electron chi connectivity index (χ3n) is 4.85. The molecule has 2 unspecified atom stereocenters. The van der Waals surface area contributed by atoms with E-state index in [2.05, 4.69) is 70.8 Å². The van der Waals surface area contributed by atoms with Gasteiger partial charge >= 0.3 is 0 Å². The maximum atomic E-state index is 7.02. The average molecular weight is 375 g/mol. The smallest absolute Gasteiger partial charge is 0.195 e. The van der Waals surface area contributed by atoms with Crippen LogP contribution in [0.1, 0.15) is 38.9 Å². The van der Waals surface area contributed by atoms with E-state index in [-0.39, 0.29) is 0 Å². The summed E-state index contributed by atoms with van der Waals surface area (Å²) in [5.74, 6) is 0. The van der Waals surface area contributed by atoms with Crippen molar-refractivity contribution in [3.63, 3.8) is 0 Å². The summed E-state index contributed by atoms with van der Waals surface area (Å²) in [4.78, 5) is 5.67. The van der Waals surface area contributed by atoms with Crippen LogP contribution in [0.5, 0.6) is 0 Å². The summed E-state index contributed by atoms with van der Waals surface area (Å²) in [5, 5.41) is 0. The number of nitrogens with zero attached hydrogens (tertiary/aromatic N) is 2. The third kappa shape index (κ3) is 2.96. The molecular formula is C21H24Cl2N2. The Morgan fingerprint density at radius 2 is 1.28 bits per heavy atom. The Labute approximate surface area is 160 Å². The van der Waals surface area contributed by atoms with Gasteiger partial charge in [-0.1, -0.05) is 58.6 Å². The molecule has 0 spiro atoms. The van der Waals surface area contributed by atoms with Gasteiger partial charge in [-0.2, -0.15) is 0 Å². The fraction of sp³-hybridized carbons (Fsp3) is 0.381. The Bertz CT molecular complexity index is 826. The van der Waals surface area contributed by atoms with E-state index < -0.39 is 10.5 Å². The molecule has 1 aliphatic heterocycles. The summed E-state index contributed by atoms with van der Waals surface area (Å²) >= 11 is 13.9. The van der Waals surface area contributed by atoms with Gasteiger partial charge in [0.05, 0.1) is 6.34 Å². The second-order valence-electron chi connectivity index (χ2n) is 7.18. The fourth-order valence-corrected chi connectivity index (χ4v) is 4.88. The van der Waals surface area contributed by atoms with Crippen LogP contribution in [0.4, 0.5) is 5.69 Å². The van der Waals surface area contributed by atoms with Crippen LogP contribution in [-0.2, 0) is 5.00 Å². The SMILES string of the molecule is Cc1cc(C)c(N2C=NC(Cl)(c3c(C)cc(C)cc3C)C2Cl)c(C)c1. The van der Waals surface area contributed by atoms with Crippen molar-refractivity contribution < 1.29 is 0 Å². The highest BCUT2D eigenvalue weighted by Gasteiger charge is 2.47. The number of aliphatic imine (C=N–C) groups is 1. The lowest BCUT2D eigenvalue weighted by atomic mass is 9.93. The Kier molecular flexibility index (Phi) is 4.63. The minimum absolute atomic E-state index is 0.491. The molecule has 1 heterocycles. The summed E-state index contributed by atoms with van der Waals surface area (Å²) in [6.07, 6.45) is 1.79. The van der Waals surface area contributed by atoms with E-state index in [4.69, 9.17) is 23.2 Å². The summed E-state index contributed by atoms with van der Waals surface area (Å²) < 4.78 is 0. The van der Waals surface area contributed by atoms with Gasteiger partial charge in [0, 0.05) is 11.3 Å². The maximum Gasteiger partial charge on any atom is 0.195 e. The van der Waals surface area contributed by atoms with Gasteiger partial charge < -0.3 is 4.90 Å². The van der Waals surface area contributed by atoms with Crippen LogP contribution in [0.2, 0.25) is 0 Å². The van der Waals surface area contributed by atoms with Crippen molar-refractivity contribution in [3.05, 3.63) is 63.2 Å². The molecule has 2 aromatic rings. The molecule has 132 valence electrons. The summed E-state index contributed by atoms with van der Waals surface area (Å²) in [7, 11) is 0. The first-order chi connectivity index (χ1) is 11.6. The second-order valence-corrected chi connectivity index (χ2v) is 8.17. The van der Waals surface area contributed by atoms with Gasteiger partial charge in [0.2, 0.25) is 0 Å². The lowest BCUT2D eigenvalue weighted by molar-refractivity contribution is 0.637. The molecule has 2 atom stereocenters. The highest BCUT2D eigenvalue weighted by Crippen LogP contribution is 2.47. The lowest BCUT2D eigenvalue weighted by Crippen LogP contribution is -2.38. The van der Waals surface area contributed by atoms with E-state index in [1.165, 1.54) is 22.3 Å². The number of anilines is 1. The van der Waals surface area contributed by atoms with Gasteiger partial charge in [0.15, 0.2) is 10.5 Å². The summed E-state index contributed by atoms with van der Waals surface area (Å²) in [5.41, 5.74) is 8.64. The van der Waals surface area contributed by atoms with E-state index in [9.17, 15) is 0 Å². The molecule has 25 heavy (non-hydrogen) atoms. The Balaban J connectivity index is 2.09.